The Labute approximate surface area is 138 Å². The molecule has 0 fully saturated rings. The minimum absolute atomic E-state index is 0.387. The van der Waals surface area contributed by atoms with E-state index in [4.69, 9.17) is 4.74 Å². The number of unbranched alkanes of at least 4 members (excludes halogenated alkanes) is 1. The predicted octanol–water partition coefficient (Wildman–Crippen LogP) is 3.73. The van der Waals surface area contributed by atoms with Crippen molar-refractivity contribution in [1.82, 2.24) is 5.43 Å². The van der Waals surface area contributed by atoms with Crippen LogP contribution in [0.3, 0.4) is 0 Å². The van der Waals surface area contributed by atoms with Gasteiger partial charge in [-0.1, -0.05) is 12.2 Å². The Morgan fingerprint density at radius 3 is 2.48 bits per heavy atom. The molecule has 0 bridgehead atoms. The topological polar surface area (TPSA) is 77.0 Å². The molecule has 6 nitrogen and oxygen atoms in total. The summed E-state index contributed by atoms with van der Waals surface area (Å²) >= 11 is 0. The third-order valence-corrected chi connectivity index (χ3v) is 2.63. The van der Waals surface area contributed by atoms with Gasteiger partial charge < -0.3 is 9.47 Å². The molecule has 0 aliphatic carbocycles. The molecule has 0 aromatic rings. The van der Waals surface area contributed by atoms with Crippen LogP contribution >= 0.6 is 0 Å². The Morgan fingerprint density at radius 2 is 1.91 bits per heavy atom. The fourth-order valence-electron chi connectivity index (χ4n) is 1.61. The van der Waals surface area contributed by atoms with Crippen LogP contribution in [0.15, 0.2) is 29.9 Å². The number of nitrogens with zero attached hydrogens (tertiary/aromatic N) is 1. The van der Waals surface area contributed by atoms with Gasteiger partial charge in [-0.2, -0.15) is 5.10 Å². The molecule has 23 heavy (non-hydrogen) atoms. The molecule has 0 spiro atoms. The van der Waals surface area contributed by atoms with Crippen molar-refractivity contribution in [2.45, 2.75) is 58.5 Å². The molecule has 6 heteroatoms. The minimum atomic E-state index is -0.580. The highest BCUT2D eigenvalue weighted by atomic mass is 16.6. The van der Waals surface area contributed by atoms with Gasteiger partial charge >= 0.3 is 12.1 Å². The average molecular weight is 324 g/mol. The molecule has 0 heterocycles. The van der Waals surface area contributed by atoms with Crippen molar-refractivity contribution in [1.29, 1.82) is 0 Å². The first kappa shape index (κ1) is 20.9. The van der Waals surface area contributed by atoms with Crippen molar-refractivity contribution in [3.8, 4) is 0 Å². The first-order valence-electron chi connectivity index (χ1n) is 7.68. The van der Waals surface area contributed by atoms with E-state index >= 15 is 0 Å². The molecular weight excluding hydrogens is 296 g/mol. The summed E-state index contributed by atoms with van der Waals surface area (Å²) in [5.41, 5.74) is 2.69. The molecule has 0 aliphatic heterocycles. The quantitative estimate of drug-likeness (QED) is 0.175. The van der Waals surface area contributed by atoms with Crippen molar-refractivity contribution in [2.24, 2.45) is 5.10 Å². The molecule has 0 aromatic carbocycles. The van der Waals surface area contributed by atoms with Gasteiger partial charge in [0.15, 0.2) is 0 Å². The van der Waals surface area contributed by atoms with Crippen LogP contribution in [0, 0.1) is 0 Å². The highest BCUT2D eigenvalue weighted by Crippen LogP contribution is 2.08. The fraction of sp³-hybridized carbons (Fsp3) is 0.588. The maximum absolute atomic E-state index is 11.6. The van der Waals surface area contributed by atoms with Crippen LogP contribution in [0.2, 0.25) is 0 Å². The van der Waals surface area contributed by atoms with E-state index in [-0.39, 0.29) is 5.97 Å². The molecule has 130 valence electrons. The number of hydrogen-bond donors (Lipinski definition) is 1. The molecule has 1 amide bonds. The SMILES string of the molecule is C=CCCC/C(CC/C=C/C(=O)OC)=N/NC(=O)OC(C)(C)C. The third kappa shape index (κ3) is 13.3. The Kier molecular flexibility index (Phi) is 10.4. The lowest BCUT2D eigenvalue weighted by Gasteiger charge is -2.18. The average Bonchev–Trinajstić information content (AvgIpc) is 2.46. The summed E-state index contributed by atoms with van der Waals surface area (Å²) in [7, 11) is 1.33. The summed E-state index contributed by atoms with van der Waals surface area (Å²) in [4.78, 5) is 22.6. The summed E-state index contributed by atoms with van der Waals surface area (Å²) in [5.74, 6) is -0.387. The van der Waals surface area contributed by atoms with E-state index in [2.05, 4.69) is 21.8 Å². The summed E-state index contributed by atoms with van der Waals surface area (Å²) in [5, 5.41) is 4.12. The Balaban J connectivity index is 4.50. The maximum atomic E-state index is 11.6. The van der Waals surface area contributed by atoms with Gasteiger partial charge in [-0.15, -0.1) is 6.58 Å². The molecule has 0 atom stereocenters. The van der Waals surface area contributed by atoms with E-state index in [1.165, 1.54) is 13.2 Å². The van der Waals surface area contributed by atoms with E-state index in [0.717, 1.165) is 25.0 Å². The Morgan fingerprint density at radius 1 is 1.22 bits per heavy atom. The Bertz CT molecular complexity index is 448. The van der Waals surface area contributed by atoms with E-state index in [1.54, 1.807) is 26.8 Å². The van der Waals surface area contributed by atoms with Crippen molar-refractivity contribution < 1.29 is 19.1 Å². The second-order valence-corrected chi connectivity index (χ2v) is 5.94. The van der Waals surface area contributed by atoms with E-state index < -0.39 is 11.7 Å². The molecule has 0 saturated carbocycles. The van der Waals surface area contributed by atoms with Gasteiger partial charge in [0, 0.05) is 11.8 Å². The van der Waals surface area contributed by atoms with Crippen LogP contribution in [0.4, 0.5) is 4.79 Å². The second kappa shape index (κ2) is 11.5. The number of rotatable bonds is 9. The van der Waals surface area contributed by atoms with Gasteiger partial charge in [0.2, 0.25) is 0 Å². The van der Waals surface area contributed by atoms with Gasteiger partial charge in [-0.3, -0.25) is 0 Å². The van der Waals surface area contributed by atoms with Gasteiger partial charge in [0.1, 0.15) is 5.60 Å². The van der Waals surface area contributed by atoms with Crippen LogP contribution in [0.1, 0.15) is 52.9 Å². The molecule has 0 aromatic heterocycles. The molecule has 0 saturated heterocycles. The lowest BCUT2D eigenvalue weighted by atomic mass is 10.1. The zero-order chi connectivity index (χ0) is 17.7. The molecule has 0 rings (SSSR count). The van der Waals surface area contributed by atoms with E-state index in [9.17, 15) is 9.59 Å². The van der Waals surface area contributed by atoms with Crippen LogP contribution in [-0.4, -0.2) is 30.5 Å². The zero-order valence-electron chi connectivity index (χ0n) is 14.6. The van der Waals surface area contributed by atoms with Crippen molar-refractivity contribution in [3.05, 3.63) is 24.8 Å². The summed E-state index contributed by atoms with van der Waals surface area (Å²) < 4.78 is 9.66. The number of carbonyl (C=O) groups excluding carboxylic acids is 2. The number of hydrazone groups is 1. The second-order valence-electron chi connectivity index (χ2n) is 5.94. The first-order valence-corrected chi connectivity index (χ1v) is 7.68. The molecular formula is C17H28N2O4. The lowest BCUT2D eigenvalue weighted by molar-refractivity contribution is -0.134. The van der Waals surface area contributed by atoms with Crippen molar-refractivity contribution in [3.63, 3.8) is 0 Å². The molecule has 0 aliphatic rings. The number of ether oxygens (including phenoxy) is 2. The first-order chi connectivity index (χ1) is 10.8. The highest BCUT2D eigenvalue weighted by Gasteiger charge is 2.15. The Hall–Kier alpha value is -2.11. The van der Waals surface area contributed by atoms with Crippen molar-refractivity contribution in [2.75, 3.05) is 7.11 Å². The number of hydrogen-bond acceptors (Lipinski definition) is 5. The number of carbonyl (C=O) groups is 2. The van der Waals surface area contributed by atoms with Gasteiger partial charge in [0.25, 0.3) is 0 Å². The van der Waals surface area contributed by atoms with Crippen LogP contribution in [0.5, 0.6) is 0 Å². The van der Waals surface area contributed by atoms with E-state index in [1.807, 2.05) is 6.08 Å². The minimum Gasteiger partial charge on any atom is -0.466 e. The van der Waals surface area contributed by atoms with Gasteiger partial charge in [0.05, 0.1) is 7.11 Å². The van der Waals surface area contributed by atoms with Gasteiger partial charge in [-0.05, 0) is 52.9 Å². The number of allylic oxidation sites excluding steroid dienone is 2. The van der Waals surface area contributed by atoms with E-state index in [0.29, 0.717) is 12.8 Å². The lowest BCUT2D eigenvalue weighted by Crippen LogP contribution is -2.30. The normalized spacial score (nSPS) is 12.1. The standard InChI is InChI=1S/C17H28N2O4/c1-6-7-8-11-14(12-9-10-13-15(20)22-5)18-19-16(21)23-17(2,3)4/h6,10,13H,1,7-9,11-12H2,2-5H3,(H,19,21)/b13-10+,18-14-. The van der Waals surface area contributed by atoms with Gasteiger partial charge in [-0.25, -0.2) is 15.0 Å². The smallest absolute Gasteiger partial charge is 0.428 e. The number of amides is 1. The predicted molar refractivity (Wildman–Crippen MR) is 91.2 cm³/mol. The number of nitrogens with one attached hydrogen (secondary N) is 1. The largest absolute Gasteiger partial charge is 0.466 e. The van der Waals surface area contributed by atoms with Crippen LogP contribution in [0.25, 0.3) is 0 Å². The summed E-state index contributed by atoms with van der Waals surface area (Å²) in [6.07, 6.45) is 8.17. The monoisotopic (exact) mass is 324 g/mol. The highest BCUT2D eigenvalue weighted by molar-refractivity contribution is 5.86. The van der Waals surface area contributed by atoms with Crippen LogP contribution < -0.4 is 5.43 Å². The van der Waals surface area contributed by atoms with Crippen molar-refractivity contribution >= 4 is 17.8 Å². The fourth-order valence-corrected chi connectivity index (χ4v) is 1.61. The molecule has 1 N–H and O–H groups in total. The molecule has 0 radical (unpaired) electrons. The number of esters is 1. The summed E-state index contributed by atoms with van der Waals surface area (Å²) in [6.45, 7) is 9.06. The summed E-state index contributed by atoms with van der Waals surface area (Å²) in [6, 6.07) is 0. The third-order valence-electron chi connectivity index (χ3n) is 2.63. The maximum Gasteiger partial charge on any atom is 0.428 e. The van der Waals surface area contributed by atoms with Crippen LogP contribution in [-0.2, 0) is 14.3 Å². The number of methoxy groups -OCH3 is 1. The zero-order valence-corrected chi connectivity index (χ0v) is 14.6. The molecule has 0 unspecified atom stereocenters.